The lowest BCUT2D eigenvalue weighted by molar-refractivity contribution is 0.174. The highest BCUT2D eigenvalue weighted by molar-refractivity contribution is 7.14. The van der Waals surface area contributed by atoms with Gasteiger partial charge in [-0.2, -0.15) is 0 Å². The summed E-state index contributed by atoms with van der Waals surface area (Å²) in [7, 11) is 0. The molecule has 0 bridgehead atoms. The summed E-state index contributed by atoms with van der Waals surface area (Å²) in [4.78, 5) is 11.3. The molecule has 0 amide bonds. The Labute approximate surface area is 180 Å². The monoisotopic (exact) mass is 436 g/mol. The fraction of sp³-hybridized carbons (Fsp3) is 0.182. The summed E-state index contributed by atoms with van der Waals surface area (Å²) in [6.45, 7) is 2.31. The normalized spacial score (nSPS) is 14.5. The Bertz CT molecular complexity index is 1100. The summed E-state index contributed by atoms with van der Waals surface area (Å²) < 4.78 is 22.8. The van der Waals surface area contributed by atoms with Crippen LogP contribution in [0.1, 0.15) is 0 Å². The molecule has 0 atom stereocenters. The van der Waals surface area contributed by atoms with Crippen LogP contribution in [0.2, 0.25) is 0 Å². The topological polar surface area (TPSA) is 62.7 Å². The molecule has 0 fully saturated rings. The highest BCUT2D eigenvalue weighted by Gasteiger charge is 2.22. The van der Waals surface area contributed by atoms with Crippen LogP contribution >= 0.6 is 22.7 Å². The molecule has 30 heavy (non-hydrogen) atoms. The molecule has 8 heteroatoms. The second-order valence-electron chi connectivity index (χ2n) is 6.77. The first-order chi connectivity index (χ1) is 14.9. The molecule has 6 nitrogen and oxygen atoms in total. The predicted molar refractivity (Wildman–Crippen MR) is 116 cm³/mol. The van der Waals surface area contributed by atoms with Crippen LogP contribution in [0, 0.1) is 0 Å². The minimum atomic E-state index is 0.567. The predicted octanol–water partition coefficient (Wildman–Crippen LogP) is 5.14. The van der Waals surface area contributed by atoms with Crippen LogP contribution in [0.5, 0.6) is 23.0 Å². The number of rotatable bonds is 3. The number of nitrogens with zero attached hydrogens (tertiary/aromatic N) is 2. The maximum Gasteiger partial charge on any atom is 0.181 e. The van der Waals surface area contributed by atoms with Crippen LogP contribution in [0.15, 0.2) is 47.4 Å². The Morgan fingerprint density at radius 1 is 0.600 bits per heavy atom. The zero-order chi connectivity index (χ0) is 19.9. The van der Waals surface area contributed by atoms with Crippen molar-refractivity contribution in [3.63, 3.8) is 0 Å². The zero-order valence-corrected chi connectivity index (χ0v) is 17.4. The van der Waals surface area contributed by atoms with E-state index in [4.69, 9.17) is 18.9 Å². The molecule has 0 aromatic carbocycles. The Hall–Kier alpha value is -3.10. The average molecular weight is 437 g/mol. The summed E-state index contributed by atoms with van der Waals surface area (Å²) in [5.74, 6) is 3.19. The van der Waals surface area contributed by atoms with Crippen LogP contribution in [-0.2, 0) is 0 Å². The molecule has 6 rings (SSSR count). The molecule has 150 valence electrons. The van der Waals surface area contributed by atoms with Crippen molar-refractivity contribution in [3.05, 3.63) is 47.4 Å². The van der Waals surface area contributed by atoms with E-state index in [1.807, 2.05) is 35.3 Å². The van der Waals surface area contributed by atoms with Crippen molar-refractivity contribution >= 4 is 22.7 Å². The maximum absolute atomic E-state index is 5.77. The molecule has 2 aliphatic rings. The van der Waals surface area contributed by atoms with Gasteiger partial charge in [0.15, 0.2) is 23.0 Å². The largest absolute Gasteiger partial charge is 0.485 e. The second kappa shape index (κ2) is 7.30. The van der Waals surface area contributed by atoms with Gasteiger partial charge in [-0.3, -0.25) is 9.97 Å². The van der Waals surface area contributed by atoms with E-state index >= 15 is 0 Å². The third-order valence-electron chi connectivity index (χ3n) is 4.93. The molecule has 0 N–H and O–H groups in total. The molecule has 2 aliphatic heterocycles. The van der Waals surface area contributed by atoms with Crippen molar-refractivity contribution in [2.75, 3.05) is 26.4 Å². The van der Waals surface area contributed by atoms with Crippen molar-refractivity contribution in [2.45, 2.75) is 0 Å². The molecule has 0 spiro atoms. The minimum Gasteiger partial charge on any atom is -0.485 e. The molecule has 6 heterocycles. The van der Waals surface area contributed by atoms with Gasteiger partial charge in [-0.1, -0.05) is 12.1 Å². The van der Waals surface area contributed by atoms with Gasteiger partial charge in [-0.15, -0.1) is 22.7 Å². The Kier molecular flexibility index (Phi) is 4.32. The molecule has 0 saturated heterocycles. The first kappa shape index (κ1) is 17.7. The quantitative estimate of drug-likeness (QED) is 0.443. The Morgan fingerprint density at radius 3 is 1.50 bits per heavy atom. The van der Waals surface area contributed by atoms with Crippen molar-refractivity contribution < 1.29 is 18.9 Å². The molecule has 0 saturated carbocycles. The van der Waals surface area contributed by atoms with Crippen LogP contribution in [0.25, 0.3) is 32.3 Å². The molecule has 4 aromatic rings. The van der Waals surface area contributed by atoms with Crippen LogP contribution in [0.3, 0.4) is 0 Å². The number of aromatic nitrogens is 2. The summed E-state index contributed by atoms with van der Waals surface area (Å²) in [5, 5.41) is 3.94. The molecular weight excluding hydrogens is 420 g/mol. The average Bonchev–Trinajstić information content (AvgIpc) is 3.44. The third kappa shape index (κ3) is 3.00. The molecule has 0 radical (unpaired) electrons. The van der Waals surface area contributed by atoms with Crippen molar-refractivity contribution in [3.8, 4) is 55.3 Å². The molecule has 0 aliphatic carbocycles. The van der Waals surface area contributed by atoms with E-state index in [9.17, 15) is 0 Å². The van der Waals surface area contributed by atoms with Crippen LogP contribution in [-0.4, -0.2) is 36.4 Å². The van der Waals surface area contributed by atoms with Gasteiger partial charge in [0.05, 0.1) is 21.1 Å². The van der Waals surface area contributed by atoms with Gasteiger partial charge in [0.2, 0.25) is 0 Å². The number of hydrogen-bond acceptors (Lipinski definition) is 8. The molecule has 0 unspecified atom stereocenters. The molecule has 4 aromatic heterocycles. The fourth-order valence-electron chi connectivity index (χ4n) is 3.48. The maximum atomic E-state index is 5.77. The lowest BCUT2D eigenvalue weighted by Crippen LogP contribution is -2.14. The summed E-state index contributed by atoms with van der Waals surface area (Å²) in [6, 6.07) is 8.12. The van der Waals surface area contributed by atoms with E-state index in [-0.39, 0.29) is 0 Å². The zero-order valence-electron chi connectivity index (χ0n) is 15.8. The van der Waals surface area contributed by atoms with Crippen molar-refractivity contribution in [2.24, 2.45) is 0 Å². The first-order valence-corrected chi connectivity index (χ1v) is 11.3. The van der Waals surface area contributed by atoms with Gasteiger partial charge in [-0.05, 0) is 12.1 Å². The van der Waals surface area contributed by atoms with Gasteiger partial charge >= 0.3 is 0 Å². The minimum absolute atomic E-state index is 0.567. The van der Waals surface area contributed by atoms with E-state index in [1.165, 1.54) is 0 Å². The van der Waals surface area contributed by atoms with Crippen molar-refractivity contribution in [1.29, 1.82) is 0 Å². The second-order valence-corrected chi connectivity index (χ2v) is 8.53. The van der Waals surface area contributed by atoms with Gasteiger partial charge in [0, 0.05) is 34.3 Å². The van der Waals surface area contributed by atoms with E-state index in [2.05, 4.69) is 22.1 Å². The Morgan fingerprint density at radius 2 is 1.07 bits per heavy atom. The van der Waals surface area contributed by atoms with Gasteiger partial charge in [0.25, 0.3) is 0 Å². The van der Waals surface area contributed by atoms with E-state index in [0.29, 0.717) is 26.4 Å². The smallest absolute Gasteiger partial charge is 0.181 e. The van der Waals surface area contributed by atoms with Crippen LogP contribution < -0.4 is 18.9 Å². The third-order valence-corrected chi connectivity index (χ3v) is 6.85. The van der Waals surface area contributed by atoms with E-state index in [0.717, 1.165) is 55.3 Å². The number of ether oxygens (including phenoxy) is 4. The van der Waals surface area contributed by atoms with E-state index < -0.39 is 0 Å². The number of pyridine rings is 2. The van der Waals surface area contributed by atoms with Gasteiger partial charge in [0.1, 0.15) is 26.4 Å². The SMILES string of the molecule is c1cc(-c2scc3c2OCCO3)ncc1-c1ccc(-c2scc3c2OCCO3)nc1. The summed E-state index contributed by atoms with van der Waals surface area (Å²) in [6.07, 6.45) is 3.73. The molecular formula is C22H16N2O4S2. The fourth-order valence-corrected chi connectivity index (χ4v) is 5.29. The highest BCUT2D eigenvalue weighted by atomic mass is 32.1. The standard InChI is InChI=1S/C22H16N2O4S2/c1-3-15(21-19-17(11-29-21)25-5-7-27-19)23-9-13(1)14-2-4-16(24-10-14)22-20-18(12-30-22)26-6-8-28-20/h1-4,9-12H,5-8H2. The Balaban J connectivity index is 1.26. The van der Waals surface area contributed by atoms with Gasteiger partial charge in [-0.25, -0.2) is 0 Å². The number of fused-ring (bicyclic) bond motifs is 2. The lowest BCUT2D eigenvalue weighted by atomic mass is 10.1. The number of hydrogen-bond donors (Lipinski definition) is 0. The number of thiophene rings is 2. The van der Waals surface area contributed by atoms with E-state index in [1.54, 1.807) is 22.7 Å². The lowest BCUT2D eigenvalue weighted by Gasteiger charge is -2.16. The summed E-state index contributed by atoms with van der Waals surface area (Å²) in [5.41, 5.74) is 3.77. The summed E-state index contributed by atoms with van der Waals surface area (Å²) >= 11 is 3.17. The highest BCUT2D eigenvalue weighted by Crippen LogP contribution is 2.46. The first-order valence-electron chi connectivity index (χ1n) is 9.54. The van der Waals surface area contributed by atoms with Gasteiger partial charge < -0.3 is 18.9 Å². The van der Waals surface area contributed by atoms with Crippen LogP contribution in [0.4, 0.5) is 0 Å². The van der Waals surface area contributed by atoms with Crippen molar-refractivity contribution in [1.82, 2.24) is 9.97 Å².